The van der Waals surface area contributed by atoms with Crippen LogP contribution < -0.4 is 10.6 Å². The number of hydrogen-bond donors (Lipinski definition) is 3. The van der Waals surface area contributed by atoms with Crippen LogP contribution in [0.25, 0.3) is 0 Å². The fraction of sp³-hybridized carbons (Fsp3) is 0.611. The van der Waals surface area contributed by atoms with Gasteiger partial charge in [-0.05, 0) is 37.2 Å². The van der Waals surface area contributed by atoms with Gasteiger partial charge in [0.1, 0.15) is 6.04 Å². The molecule has 2 saturated heterocycles. The van der Waals surface area contributed by atoms with Crippen molar-refractivity contribution in [3.8, 4) is 0 Å². The zero-order valence-electron chi connectivity index (χ0n) is 13.6. The maximum absolute atomic E-state index is 12.3. The molecule has 0 amide bonds. The van der Waals surface area contributed by atoms with Crippen LogP contribution in [0.2, 0.25) is 0 Å². The number of hydrogen-bond acceptors (Lipinski definition) is 5. The highest BCUT2D eigenvalue weighted by atomic mass is 16.5. The molecule has 5 atom stereocenters. The van der Waals surface area contributed by atoms with Crippen molar-refractivity contribution in [2.75, 3.05) is 13.7 Å². The zero-order valence-corrected chi connectivity index (χ0v) is 13.6. The molecule has 3 unspecified atom stereocenters. The van der Waals surface area contributed by atoms with E-state index >= 15 is 0 Å². The van der Waals surface area contributed by atoms with Gasteiger partial charge >= 0.3 is 5.97 Å². The van der Waals surface area contributed by atoms with E-state index in [0.717, 1.165) is 18.4 Å². The van der Waals surface area contributed by atoms with Crippen LogP contribution in [0.4, 0.5) is 0 Å². The first-order valence-corrected chi connectivity index (χ1v) is 8.47. The Morgan fingerprint density at radius 2 is 1.96 bits per heavy atom. The monoisotopic (exact) mass is 318 g/mol. The molecule has 2 aliphatic rings. The normalized spacial score (nSPS) is 29.0. The van der Waals surface area contributed by atoms with E-state index in [9.17, 15) is 9.90 Å². The number of esters is 1. The lowest BCUT2D eigenvalue weighted by atomic mass is 9.85. The van der Waals surface area contributed by atoms with Crippen LogP contribution in [-0.2, 0) is 9.53 Å². The number of piperidine rings is 1. The minimum atomic E-state index is -0.373. The molecule has 2 fully saturated rings. The summed E-state index contributed by atoms with van der Waals surface area (Å²) >= 11 is 0. The van der Waals surface area contributed by atoms with Gasteiger partial charge in [-0.25, -0.2) is 0 Å². The van der Waals surface area contributed by atoms with Gasteiger partial charge in [0.05, 0.1) is 19.8 Å². The molecule has 1 aromatic carbocycles. The van der Waals surface area contributed by atoms with E-state index < -0.39 is 0 Å². The van der Waals surface area contributed by atoms with E-state index in [1.165, 1.54) is 20.0 Å². The number of rotatable bonds is 6. The summed E-state index contributed by atoms with van der Waals surface area (Å²) in [7, 11) is 1.43. The second-order valence-corrected chi connectivity index (χ2v) is 6.68. The highest BCUT2D eigenvalue weighted by Gasteiger charge is 2.40. The third-order valence-electron chi connectivity index (χ3n) is 5.20. The Bertz CT molecular complexity index is 510. The van der Waals surface area contributed by atoms with Gasteiger partial charge in [-0.15, -0.1) is 0 Å². The van der Waals surface area contributed by atoms with Crippen molar-refractivity contribution in [1.29, 1.82) is 0 Å². The van der Waals surface area contributed by atoms with E-state index in [0.29, 0.717) is 12.1 Å². The SMILES string of the molecule is COC(=O)C(N[C@@H](CO)c1ccccc1)C1CC2CC[C@H](C1)N2. The molecule has 0 saturated carbocycles. The second-order valence-electron chi connectivity index (χ2n) is 6.68. The van der Waals surface area contributed by atoms with Crippen molar-refractivity contribution < 1.29 is 14.6 Å². The second kappa shape index (κ2) is 7.43. The fourth-order valence-electron chi connectivity index (χ4n) is 4.05. The summed E-state index contributed by atoms with van der Waals surface area (Å²) < 4.78 is 5.03. The van der Waals surface area contributed by atoms with Gasteiger partial charge in [-0.2, -0.15) is 0 Å². The molecule has 23 heavy (non-hydrogen) atoms. The van der Waals surface area contributed by atoms with Crippen molar-refractivity contribution in [3.05, 3.63) is 35.9 Å². The fourth-order valence-corrected chi connectivity index (χ4v) is 4.05. The Labute approximate surface area is 137 Å². The molecule has 0 aliphatic carbocycles. The predicted octanol–water partition coefficient (Wildman–Crippen LogP) is 1.38. The quantitative estimate of drug-likeness (QED) is 0.691. The van der Waals surface area contributed by atoms with Crippen molar-refractivity contribution >= 4 is 5.97 Å². The van der Waals surface area contributed by atoms with Crippen molar-refractivity contribution in [2.24, 2.45) is 5.92 Å². The Morgan fingerprint density at radius 1 is 1.30 bits per heavy atom. The van der Waals surface area contributed by atoms with E-state index in [-0.39, 0.29) is 30.6 Å². The summed E-state index contributed by atoms with van der Waals surface area (Å²) in [6.45, 7) is -0.0463. The molecule has 2 aliphatic heterocycles. The lowest BCUT2D eigenvalue weighted by molar-refractivity contribution is -0.145. The molecule has 2 bridgehead atoms. The van der Waals surface area contributed by atoms with Crippen molar-refractivity contribution in [1.82, 2.24) is 10.6 Å². The first kappa shape index (κ1) is 16.4. The van der Waals surface area contributed by atoms with Gasteiger partial charge in [-0.1, -0.05) is 30.3 Å². The predicted molar refractivity (Wildman–Crippen MR) is 87.9 cm³/mol. The number of carbonyl (C=O) groups is 1. The van der Waals surface area contributed by atoms with Crippen LogP contribution in [0.5, 0.6) is 0 Å². The number of ether oxygens (including phenoxy) is 1. The third kappa shape index (κ3) is 3.74. The smallest absolute Gasteiger partial charge is 0.323 e. The van der Waals surface area contributed by atoms with Crippen LogP contribution in [0.3, 0.4) is 0 Å². The number of benzene rings is 1. The average molecular weight is 318 g/mol. The lowest BCUT2D eigenvalue weighted by Crippen LogP contribution is -2.51. The molecule has 126 valence electrons. The third-order valence-corrected chi connectivity index (χ3v) is 5.20. The maximum Gasteiger partial charge on any atom is 0.323 e. The van der Waals surface area contributed by atoms with Crippen LogP contribution in [-0.4, -0.2) is 42.9 Å². The Kier molecular flexibility index (Phi) is 5.30. The number of carbonyl (C=O) groups excluding carboxylic acids is 1. The number of aliphatic hydroxyl groups excluding tert-OH is 1. The summed E-state index contributed by atoms with van der Waals surface area (Å²) in [5.41, 5.74) is 0.987. The molecule has 3 rings (SSSR count). The summed E-state index contributed by atoms with van der Waals surface area (Å²) in [4.78, 5) is 12.3. The van der Waals surface area contributed by atoms with Crippen LogP contribution in [0.1, 0.15) is 37.3 Å². The Balaban J connectivity index is 1.75. The number of nitrogens with one attached hydrogen (secondary N) is 2. The van der Waals surface area contributed by atoms with Gasteiger partial charge in [0.2, 0.25) is 0 Å². The topological polar surface area (TPSA) is 70.6 Å². The van der Waals surface area contributed by atoms with Crippen molar-refractivity contribution in [3.63, 3.8) is 0 Å². The first-order chi connectivity index (χ1) is 11.2. The van der Waals surface area contributed by atoms with E-state index in [4.69, 9.17) is 4.74 Å². The van der Waals surface area contributed by atoms with E-state index in [1.54, 1.807) is 0 Å². The summed E-state index contributed by atoms with van der Waals surface area (Å²) in [6.07, 6.45) is 4.35. The van der Waals surface area contributed by atoms with Gasteiger partial charge < -0.3 is 15.2 Å². The molecular formula is C18H26N2O3. The average Bonchev–Trinajstić information content (AvgIpc) is 2.94. The van der Waals surface area contributed by atoms with Crippen LogP contribution in [0, 0.1) is 5.92 Å². The van der Waals surface area contributed by atoms with Crippen LogP contribution in [0.15, 0.2) is 30.3 Å². The number of fused-ring (bicyclic) bond motifs is 2. The molecule has 3 N–H and O–H groups in total. The highest BCUT2D eigenvalue weighted by Crippen LogP contribution is 2.33. The molecule has 0 aromatic heterocycles. The first-order valence-electron chi connectivity index (χ1n) is 8.47. The molecule has 1 aromatic rings. The highest BCUT2D eigenvalue weighted by molar-refractivity contribution is 5.76. The van der Waals surface area contributed by atoms with E-state index in [2.05, 4.69) is 10.6 Å². The van der Waals surface area contributed by atoms with Crippen molar-refractivity contribution in [2.45, 2.75) is 49.9 Å². The molecule has 5 nitrogen and oxygen atoms in total. The van der Waals surface area contributed by atoms with Gasteiger partial charge in [0.15, 0.2) is 0 Å². The minimum absolute atomic E-state index is 0.0463. The Morgan fingerprint density at radius 3 is 2.52 bits per heavy atom. The summed E-state index contributed by atoms with van der Waals surface area (Å²) in [5.74, 6) is 0.0182. The zero-order chi connectivity index (χ0) is 16.2. The summed E-state index contributed by atoms with van der Waals surface area (Å²) in [5, 5.41) is 16.7. The van der Waals surface area contributed by atoms with Gasteiger partial charge in [0, 0.05) is 12.1 Å². The number of methoxy groups -OCH3 is 1. The summed E-state index contributed by atoms with van der Waals surface area (Å²) in [6, 6.07) is 10.2. The molecule has 0 radical (unpaired) electrons. The van der Waals surface area contributed by atoms with E-state index in [1.807, 2.05) is 30.3 Å². The Hall–Kier alpha value is -1.43. The lowest BCUT2D eigenvalue weighted by Gasteiger charge is -2.35. The molecule has 5 heteroatoms. The number of aliphatic hydroxyl groups is 1. The van der Waals surface area contributed by atoms with Gasteiger partial charge in [0.25, 0.3) is 0 Å². The standard InChI is InChI=1S/C18H26N2O3/c1-23-18(22)17(13-9-14-7-8-15(10-13)19-14)20-16(11-21)12-5-3-2-4-6-12/h2-6,13-17,19-21H,7-11H2,1H3/t13?,14-,15?,16+,17?/m1/s1. The largest absolute Gasteiger partial charge is 0.468 e. The minimum Gasteiger partial charge on any atom is -0.468 e. The molecule has 0 spiro atoms. The van der Waals surface area contributed by atoms with Crippen LogP contribution >= 0.6 is 0 Å². The molecule has 2 heterocycles. The van der Waals surface area contributed by atoms with Gasteiger partial charge in [-0.3, -0.25) is 10.1 Å². The molecular weight excluding hydrogens is 292 g/mol. The maximum atomic E-state index is 12.3.